The molecular weight excluding hydrogens is 357 g/mol. The molecule has 0 saturated carbocycles. The molecule has 2 aromatic carbocycles. The van der Waals surface area contributed by atoms with Crippen LogP contribution < -0.4 is 10.2 Å². The number of carbonyl (C=O) groups excluding carboxylic acids is 1. The second kappa shape index (κ2) is 8.28. The van der Waals surface area contributed by atoms with Crippen molar-refractivity contribution in [1.29, 1.82) is 0 Å². The smallest absolute Gasteiger partial charge is 0.277 e. The van der Waals surface area contributed by atoms with Gasteiger partial charge in [0, 0.05) is 17.7 Å². The Bertz CT molecular complexity index is 796. The molecule has 0 aliphatic heterocycles. The topological polar surface area (TPSA) is 93.8 Å². The van der Waals surface area contributed by atoms with Crippen molar-refractivity contribution in [3.8, 4) is 5.75 Å². The number of nitro benzene ring substituents is 1. The number of hydrogen-bond acceptors (Lipinski definition) is 5. The SMILES string of the molecule is O=C(COc1cccc(Cl)c1Cl)NN=Cc1cccc([N+](=O)[O-])c1. The summed E-state index contributed by atoms with van der Waals surface area (Å²) >= 11 is 11.8. The average Bonchev–Trinajstić information content (AvgIpc) is 2.56. The summed E-state index contributed by atoms with van der Waals surface area (Å²) in [5.41, 5.74) is 2.65. The first-order valence-electron chi connectivity index (χ1n) is 6.60. The first-order valence-corrected chi connectivity index (χ1v) is 7.36. The van der Waals surface area contributed by atoms with E-state index in [1.165, 1.54) is 24.4 Å². The summed E-state index contributed by atoms with van der Waals surface area (Å²) in [7, 11) is 0. The molecule has 0 spiro atoms. The van der Waals surface area contributed by atoms with Crippen molar-refractivity contribution in [1.82, 2.24) is 5.43 Å². The third-order valence-corrected chi connectivity index (χ3v) is 3.56. The molecule has 0 aliphatic carbocycles. The lowest BCUT2D eigenvalue weighted by Gasteiger charge is -2.07. The fourth-order valence-electron chi connectivity index (χ4n) is 1.67. The number of nitrogens with zero attached hydrogens (tertiary/aromatic N) is 2. The van der Waals surface area contributed by atoms with Gasteiger partial charge in [0.05, 0.1) is 16.2 Å². The van der Waals surface area contributed by atoms with Gasteiger partial charge in [-0.05, 0) is 12.1 Å². The summed E-state index contributed by atoms with van der Waals surface area (Å²) < 4.78 is 5.24. The van der Waals surface area contributed by atoms with Crippen molar-refractivity contribution >= 4 is 41.0 Å². The lowest BCUT2D eigenvalue weighted by molar-refractivity contribution is -0.384. The molecule has 0 saturated heterocycles. The third-order valence-electron chi connectivity index (χ3n) is 2.76. The third kappa shape index (κ3) is 4.94. The number of nitro groups is 1. The lowest BCUT2D eigenvalue weighted by Crippen LogP contribution is -2.24. The van der Waals surface area contributed by atoms with E-state index < -0.39 is 10.8 Å². The Labute approximate surface area is 147 Å². The van der Waals surface area contributed by atoms with E-state index in [-0.39, 0.29) is 23.1 Å². The monoisotopic (exact) mass is 367 g/mol. The molecule has 2 aromatic rings. The Morgan fingerprint density at radius 1 is 1.29 bits per heavy atom. The summed E-state index contributed by atoms with van der Waals surface area (Å²) in [5, 5.41) is 14.9. The van der Waals surface area contributed by atoms with Crippen molar-refractivity contribution in [3.05, 3.63) is 68.2 Å². The fraction of sp³-hybridized carbons (Fsp3) is 0.0667. The molecule has 0 atom stereocenters. The van der Waals surface area contributed by atoms with E-state index in [2.05, 4.69) is 10.5 Å². The highest BCUT2D eigenvalue weighted by Crippen LogP contribution is 2.31. The zero-order valence-corrected chi connectivity index (χ0v) is 13.6. The molecule has 1 amide bonds. The standard InChI is InChI=1S/C15H11Cl2N3O4/c16-12-5-2-6-13(15(12)17)24-9-14(21)19-18-8-10-3-1-4-11(7-10)20(22)23/h1-8H,9H2,(H,19,21). The van der Waals surface area contributed by atoms with Crippen LogP contribution in [0.2, 0.25) is 10.0 Å². The van der Waals surface area contributed by atoms with Gasteiger partial charge in [-0.15, -0.1) is 0 Å². The van der Waals surface area contributed by atoms with E-state index in [0.717, 1.165) is 0 Å². The predicted molar refractivity (Wildman–Crippen MR) is 90.8 cm³/mol. The number of benzene rings is 2. The summed E-state index contributed by atoms with van der Waals surface area (Å²) in [6.07, 6.45) is 1.29. The Hall–Kier alpha value is -2.64. The minimum Gasteiger partial charge on any atom is -0.482 e. The molecule has 0 aliphatic rings. The number of amides is 1. The Balaban J connectivity index is 1.88. The van der Waals surface area contributed by atoms with Crippen molar-refractivity contribution in [2.75, 3.05) is 6.61 Å². The van der Waals surface area contributed by atoms with Crippen molar-refractivity contribution in [2.24, 2.45) is 5.10 Å². The molecule has 9 heteroatoms. The van der Waals surface area contributed by atoms with Gasteiger partial charge in [-0.1, -0.05) is 41.4 Å². The normalized spacial score (nSPS) is 10.6. The number of carbonyl (C=O) groups is 1. The number of rotatable bonds is 6. The molecule has 0 unspecified atom stereocenters. The van der Waals surface area contributed by atoms with E-state index in [0.29, 0.717) is 10.6 Å². The molecule has 0 heterocycles. The van der Waals surface area contributed by atoms with Gasteiger partial charge in [0.25, 0.3) is 11.6 Å². The Morgan fingerprint density at radius 2 is 2.04 bits per heavy atom. The first-order chi connectivity index (χ1) is 11.5. The van der Waals surface area contributed by atoms with Crippen LogP contribution in [0.4, 0.5) is 5.69 Å². The maximum absolute atomic E-state index is 11.6. The maximum atomic E-state index is 11.6. The lowest BCUT2D eigenvalue weighted by atomic mass is 10.2. The summed E-state index contributed by atoms with van der Waals surface area (Å²) in [4.78, 5) is 21.8. The number of nitrogens with one attached hydrogen (secondary N) is 1. The van der Waals surface area contributed by atoms with Crippen LogP contribution in [0.1, 0.15) is 5.56 Å². The van der Waals surface area contributed by atoms with Gasteiger partial charge in [-0.3, -0.25) is 14.9 Å². The summed E-state index contributed by atoms with van der Waals surface area (Å²) in [5.74, 6) is -0.241. The second-order valence-corrected chi connectivity index (χ2v) is 5.27. The number of halogens is 2. The molecule has 2 rings (SSSR count). The van der Waals surface area contributed by atoms with Crippen LogP contribution in [0, 0.1) is 10.1 Å². The van der Waals surface area contributed by atoms with E-state index in [9.17, 15) is 14.9 Å². The minimum absolute atomic E-state index is 0.0655. The predicted octanol–water partition coefficient (Wildman–Crippen LogP) is 3.43. The molecule has 0 bridgehead atoms. The molecule has 0 aromatic heterocycles. The fourth-order valence-corrected chi connectivity index (χ4v) is 2.01. The largest absolute Gasteiger partial charge is 0.482 e. The zero-order valence-electron chi connectivity index (χ0n) is 12.1. The number of non-ortho nitro benzene ring substituents is 1. The highest BCUT2D eigenvalue weighted by atomic mass is 35.5. The highest BCUT2D eigenvalue weighted by Gasteiger charge is 2.08. The van der Waals surface area contributed by atoms with Crippen LogP contribution in [-0.4, -0.2) is 23.7 Å². The van der Waals surface area contributed by atoms with Crippen LogP contribution in [0.3, 0.4) is 0 Å². The Morgan fingerprint density at radius 3 is 2.79 bits per heavy atom. The first kappa shape index (κ1) is 17.7. The zero-order chi connectivity index (χ0) is 17.5. The van der Waals surface area contributed by atoms with E-state index in [4.69, 9.17) is 27.9 Å². The molecule has 7 nitrogen and oxygen atoms in total. The van der Waals surface area contributed by atoms with E-state index in [1.807, 2.05) is 0 Å². The second-order valence-electron chi connectivity index (χ2n) is 4.49. The molecule has 0 fully saturated rings. The average molecular weight is 368 g/mol. The molecule has 24 heavy (non-hydrogen) atoms. The minimum atomic E-state index is -0.521. The van der Waals surface area contributed by atoms with Crippen molar-refractivity contribution < 1.29 is 14.5 Å². The molecule has 1 N–H and O–H groups in total. The molecule has 124 valence electrons. The number of hydrazone groups is 1. The number of ether oxygens (including phenoxy) is 1. The van der Waals surface area contributed by atoms with Gasteiger partial charge < -0.3 is 4.74 Å². The van der Waals surface area contributed by atoms with Gasteiger partial charge in [0.2, 0.25) is 0 Å². The van der Waals surface area contributed by atoms with Crippen LogP contribution >= 0.6 is 23.2 Å². The van der Waals surface area contributed by atoms with Crippen molar-refractivity contribution in [2.45, 2.75) is 0 Å². The molecule has 0 radical (unpaired) electrons. The number of hydrogen-bond donors (Lipinski definition) is 1. The van der Waals surface area contributed by atoms with Crippen molar-refractivity contribution in [3.63, 3.8) is 0 Å². The van der Waals surface area contributed by atoms with Crippen LogP contribution in [-0.2, 0) is 4.79 Å². The van der Waals surface area contributed by atoms with Gasteiger partial charge in [0.15, 0.2) is 6.61 Å². The molecular formula is C15H11Cl2N3O4. The van der Waals surface area contributed by atoms with Gasteiger partial charge >= 0.3 is 0 Å². The van der Waals surface area contributed by atoms with E-state index >= 15 is 0 Å². The van der Waals surface area contributed by atoms with Gasteiger partial charge in [0.1, 0.15) is 10.8 Å². The van der Waals surface area contributed by atoms with E-state index in [1.54, 1.807) is 24.3 Å². The Kier molecular flexibility index (Phi) is 6.11. The van der Waals surface area contributed by atoms with Gasteiger partial charge in [-0.2, -0.15) is 5.10 Å². The maximum Gasteiger partial charge on any atom is 0.277 e. The van der Waals surface area contributed by atoms with Crippen LogP contribution in [0.15, 0.2) is 47.6 Å². The van der Waals surface area contributed by atoms with Crippen LogP contribution in [0.5, 0.6) is 5.75 Å². The van der Waals surface area contributed by atoms with Crippen LogP contribution in [0.25, 0.3) is 0 Å². The highest BCUT2D eigenvalue weighted by molar-refractivity contribution is 6.42. The van der Waals surface area contributed by atoms with Gasteiger partial charge in [-0.25, -0.2) is 5.43 Å². The summed E-state index contributed by atoms with van der Waals surface area (Å²) in [6.45, 7) is -0.313. The quantitative estimate of drug-likeness (QED) is 0.480. The summed E-state index contributed by atoms with van der Waals surface area (Å²) in [6, 6.07) is 10.6.